The molecule has 5 N–H and O–H groups in total. The number of fused-ring (bicyclic) bond motifs is 1. The molecule has 0 amide bonds. The maximum Gasteiger partial charge on any atom is 0.280 e. The molecule has 2 unspecified atom stereocenters. The van der Waals surface area contributed by atoms with Gasteiger partial charge in [0.15, 0.2) is 17.4 Å². The van der Waals surface area contributed by atoms with Crippen LogP contribution in [-0.2, 0) is 4.74 Å². The number of aromatic amines is 1. The van der Waals surface area contributed by atoms with Gasteiger partial charge < -0.3 is 25.4 Å². The molecule has 1 fully saturated rings. The van der Waals surface area contributed by atoms with Crippen LogP contribution in [0.4, 0.5) is 5.95 Å². The van der Waals surface area contributed by atoms with Crippen molar-refractivity contribution in [1.82, 2.24) is 19.5 Å². The molecule has 0 aromatic carbocycles. The standard InChI is InChI=1S/C24H41N5O5/c1-2-3-4-5-6-7-8-9-10-11-12-13-14-25-24-27-21-18(22(33)28-24)26-16-29(21)23-20(32)19(31)17(15-30)34-23/h16-17,19-20,23,30-32H,2-15H2,1H3,(H2,25,27,28,33)/t17-,19?,20?,23-/m1/s1. The number of unbranched alkanes of at least 4 members (excludes halogenated alkanes) is 11. The maximum absolute atomic E-state index is 12.4. The second-order valence-corrected chi connectivity index (χ2v) is 9.28. The van der Waals surface area contributed by atoms with Crippen molar-refractivity contribution in [2.24, 2.45) is 0 Å². The Balaban J connectivity index is 1.40. The third-order valence-corrected chi connectivity index (χ3v) is 6.55. The first-order valence-electron chi connectivity index (χ1n) is 12.9. The first-order valence-corrected chi connectivity index (χ1v) is 12.9. The quantitative estimate of drug-likeness (QED) is 0.231. The lowest BCUT2D eigenvalue weighted by Crippen LogP contribution is -2.33. The summed E-state index contributed by atoms with van der Waals surface area (Å²) in [7, 11) is 0. The highest BCUT2D eigenvalue weighted by atomic mass is 16.6. The van der Waals surface area contributed by atoms with Gasteiger partial charge in [0, 0.05) is 6.54 Å². The van der Waals surface area contributed by atoms with Crippen LogP contribution in [0.25, 0.3) is 11.2 Å². The Labute approximate surface area is 200 Å². The summed E-state index contributed by atoms with van der Waals surface area (Å²) in [6.07, 6.45) is 12.3. The number of hydrogen-bond acceptors (Lipinski definition) is 8. The molecule has 3 heterocycles. The maximum atomic E-state index is 12.4. The number of H-pyrrole nitrogens is 1. The smallest absolute Gasteiger partial charge is 0.280 e. The Bertz CT molecular complexity index is 917. The van der Waals surface area contributed by atoms with E-state index >= 15 is 0 Å². The lowest BCUT2D eigenvalue weighted by molar-refractivity contribution is -0.0511. The van der Waals surface area contributed by atoms with Gasteiger partial charge in [0.25, 0.3) is 5.56 Å². The minimum absolute atomic E-state index is 0.119. The summed E-state index contributed by atoms with van der Waals surface area (Å²) in [5.74, 6) is 0.328. The lowest BCUT2D eigenvalue weighted by Gasteiger charge is -2.16. The molecule has 0 aliphatic carbocycles. The molecular formula is C24H41N5O5. The van der Waals surface area contributed by atoms with Crippen molar-refractivity contribution in [3.8, 4) is 0 Å². The Morgan fingerprint density at radius 1 is 1.00 bits per heavy atom. The first kappa shape index (κ1) is 26.6. The summed E-state index contributed by atoms with van der Waals surface area (Å²) >= 11 is 0. The van der Waals surface area contributed by atoms with E-state index in [-0.39, 0.29) is 11.2 Å². The van der Waals surface area contributed by atoms with Crippen molar-refractivity contribution in [2.75, 3.05) is 18.5 Å². The first-order chi connectivity index (χ1) is 16.6. The van der Waals surface area contributed by atoms with E-state index in [4.69, 9.17) is 4.74 Å². The number of imidazole rings is 1. The van der Waals surface area contributed by atoms with Crippen LogP contribution in [0.3, 0.4) is 0 Å². The largest absolute Gasteiger partial charge is 0.394 e. The predicted octanol–water partition coefficient (Wildman–Crippen LogP) is 2.84. The van der Waals surface area contributed by atoms with Crippen molar-refractivity contribution >= 4 is 17.1 Å². The molecule has 10 nitrogen and oxygen atoms in total. The second kappa shape index (κ2) is 13.8. The van der Waals surface area contributed by atoms with E-state index in [0.29, 0.717) is 12.5 Å². The van der Waals surface area contributed by atoms with Gasteiger partial charge in [-0.1, -0.05) is 77.6 Å². The number of hydrogen-bond donors (Lipinski definition) is 5. The fraction of sp³-hybridized carbons (Fsp3) is 0.792. The molecule has 0 saturated carbocycles. The number of anilines is 1. The highest BCUT2D eigenvalue weighted by molar-refractivity contribution is 5.70. The van der Waals surface area contributed by atoms with E-state index in [0.717, 1.165) is 12.8 Å². The molecule has 0 radical (unpaired) electrons. The van der Waals surface area contributed by atoms with Crippen LogP contribution in [0.15, 0.2) is 11.1 Å². The summed E-state index contributed by atoms with van der Waals surface area (Å²) in [4.78, 5) is 23.6. The monoisotopic (exact) mass is 479 g/mol. The molecule has 1 aliphatic heterocycles. The zero-order chi connectivity index (χ0) is 24.3. The number of ether oxygens (including phenoxy) is 1. The van der Waals surface area contributed by atoms with E-state index in [1.165, 1.54) is 75.1 Å². The Morgan fingerprint density at radius 2 is 1.62 bits per heavy atom. The van der Waals surface area contributed by atoms with Crippen LogP contribution >= 0.6 is 0 Å². The molecule has 2 aromatic rings. The van der Waals surface area contributed by atoms with Crippen LogP contribution in [-0.4, -0.2) is 66.3 Å². The Hall–Kier alpha value is -2.01. The zero-order valence-electron chi connectivity index (χ0n) is 20.3. The summed E-state index contributed by atoms with van der Waals surface area (Å²) in [5.41, 5.74) is -0.0304. The van der Waals surface area contributed by atoms with Crippen LogP contribution < -0.4 is 10.9 Å². The van der Waals surface area contributed by atoms with Gasteiger partial charge in [-0.15, -0.1) is 0 Å². The third kappa shape index (κ3) is 7.00. The van der Waals surface area contributed by atoms with E-state index in [1.54, 1.807) is 0 Å². The van der Waals surface area contributed by atoms with Crippen molar-refractivity contribution in [3.63, 3.8) is 0 Å². The van der Waals surface area contributed by atoms with Crippen molar-refractivity contribution in [1.29, 1.82) is 0 Å². The predicted molar refractivity (Wildman–Crippen MR) is 131 cm³/mol. The molecule has 1 aliphatic rings. The highest BCUT2D eigenvalue weighted by Gasteiger charge is 2.44. The molecule has 10 heteroatoms. The number of aliphatic hydroxyl groups excluding tert-OH is 3. The molecule has 0 spiro atoms. The summed E-state index contributed by atoms with van der Waals surface area (Å²) in [6, 6.07) is 0. The number of rotatable bonds is 16. The van der Waals surface area contributed by atoms with Crippen molar-refractivity contribution in [2.45, 2.75) is 109 Å². The van der Waals surface area contributed by atoms with Crippen LogP contribution in [0.1, 0.15) is 90.2 Å². The molecule has 3 rings (SSSR count). The number of aromatic nitrogens is 4. The van der Waals surface area contributed by atoms with Gasteiger partial charge in [0.2, 0.25) is 5.95 Å². The zero-order valence-corrected chi connectivity index (χ0v) is 20.3. The van der Waals surface area contributed by atoms with Crippen LogP contribution in [0.5, 0.6) is 0 Å². The van der Waals surface area contributed by atoms with Crippen LogP contribution in [0, 0.1) is 0 Å². The number of aliphatic hydroxyl groups is 3. The van der Waals surface area contributed by atoms with Gasteiger partial charge in [0.05, 0.1) is 12.9 Å². The van der Waals surface area contributed by atoms with E-state index in [9.17, 15) is 20.1 Å². The van der Waals surface area contributed by atoms with Crippen molar-refractivity contribution < 1.29 is 20.1 Å². The fourth-order valence-corrected chi connectivity index (χ4v) is 4.48. The fourth-order valence-electron chi connectivity index (χ4n) is 4.48. The van der Waals surface area contributed by atoms with Gasteiger partial charge >= 0.3 is 0 Å². The Morgan fingerprint density at radius 3 is 2.21 bits per heavy atom. The molecular weight excluding hydrogens is 438 g/mol. The topological polar surface area (TPSA) is 146 Å². The minimum atomic E-state index is -1.27. The van der Waals surface area contributed by atoms with Gasteiger partial charge in [0.1, 0.15) is 18.3 Å². The van der Waals surface area contributed by atoms with E-state index < -0.39 is 36.7 Å². The summed E-state index contributed by atoms with van der Waals surface area (Å²) in [5, 5.41) is 32.8. The second-order valence-electron chi connectivity index (χ2n) is 9.28. The van der Waals surface area contributed by atoms with E-state index in [2.05, 4.69) is 27.2 Å². The van der Waals surface area contributed by atoms with Gasteiger partial charge in [-0.3, -0.25) is 14.3 Å². The molecule has 0 bridgehead atoms. The van der Waals surface area contributed by atoms with Crippen LogP contribution in [0.2, 0.25) is 0 Å². The van der Waals surface area contributed by atoms with Crippen molar-refractivity contribution in [3.05, 3.63) is 16.7 Å². The molecule has 4 atom stereocenters. The Kier molecular flexibility index (Phi) is 10.8. The molecule has 2 aromatic heterocycles. The average molecular weight is 480 g/mol. The lowest BCUT2D eigenvalue weighted by atomic mass is 10.1. The number of nitrogens with zero attached hydrogens (tertiary/aromatic N) is 3. The highest BCUT2D eigenvalue weighted by Crippen LogP contribution is 2.30. The normalized spacial score (nSPS) is 22.6. The number of nitrogens with one attached hydrogen (secondary N) is 2. The summed E-state index contributed by atoms with van der Waals surface area (Å²) in [6.45, 7) is 2.51. The third-order valence-electron chi connectivity index (χ3n) is 6.55. The van der Waals surface area contributed by atoms with Gasteiger partial charge in [-0.05, 0) is 6.42 Å². The van der Waals surface area contributed by atoms with Gasteiger partial charge in [-0.2, -0.15) is 4.98 Å². The van der Waals surface area contributed by atoms with Gasteiger partial charge in [-0.25, -0.2) is 4.98 Å². The molecule has 192 valence electrons. The molecule has 1 saturated heterocycles. The SMILES string of the molecule is CCCCCCCCCCCCCCNc1nc2c(ncn2[C@@H]2O[C@H](CO)C(O)C2O)c(=O)[nH]1. The minimum Gasteiger partial charge on any atom is -0.394 e. The molecule has 34 heavy (non-hydrogen) atoms. The average Bonchev–Trinajstić information content (AvgIpc) is 3.38. The van der Waals surface area contributed by atoms with E-state index in [1.807, 2.05) is 0 Å². The summed E-state index contributed by atoms with van der Waals surface area (Å²) < 4.78 is 6.97.